The highest BCUT2D eigenvalue weighted by atomic mass is 35.5. The Labute approximate surface area is 133 Å². The van der Waals surface area contributed by atoms with Crippen molar-refractivity contribution in [2.75, 3.05) is 38.1 Å². The van der Waals surface area contributed by atoms with Gasteiger partial charge in [-0.25, -0.2) is 9.97 Å². The summed E-state index contributed by atoms with van der Waals surface area (Å²) in [6.45, 7) is 3.97. The standard InChI is InChI=1S/C15H17ClN6/c1-20-3-5-22(6-4-20)15-13-12(9-21(2)19-13)11-7-10(16)8-17-14(11)18-15/h7-9H,3-6H2,1-2H3. The summed E-state index contributed by atoms with van der Waals surface area (Å²) in [5.74, 6) is 0.922. The number of likely N-dealkylation sites (N-methyl/N-ethyl adjacent to an activating group) is 1. The first-order valence-electron chi connectivity index (χ1n) is 7.34. The molecule has 3 aromatic heterocycles. The van der Waals surface area contributed by atoms with E-state index in [1.54, 1.807) is 6.20 Å². The molecule has 1 fully saturated rings. The molecule has 4 heterocycles. The van der Waals surface area contributed by atoms with E-state index in [4.69, 9.17) is 16.6 Å². The Morgan fingerprint density at radius 3 is 2.64 bits per heavy atom. The zero-order chi connectivity index (χ0) is 15.3. The lowest BCUT2D eigenvalue weighted by Crippen LogP contribution is -2.44. The predicted molar refractivity (Wildman–Crippen MR) is 88.5 cm³/mol. The summed E-state index contributed by atoms with van der Waals surface area (Å²) in [6, 6.07) is 1.91. The average Bonchev–Trinajstić information content (AvgIpc) is 2.89. The third-order valence-electron chi connectivity index (χ3n) is 4.18. The van der Waals surface area contributed by atoms with Crippen LogP contribution in [0.4, 0.5) is 5.82 Å². The van der Waals surface area contributed by atoms with Crippen molar-refractivity contribution >= 4 is 39.4 Å². The average molecular weight is 317 g/mol. The predicted octanol–water partition coefficient (Wildman–Crippen LogP) is 1.92. The van der Waals surface area contributed by atoms with E-state index in [9.17, 15) is 0 Å². The number of nitrogens with zero attached hydrogens (tertiary/aromatic N) is 6. The highest BCUT2D eigenvalue weighted by molar-refractivity contribution is 6.31. The van der Waals surface area contributed by atoms with E-state index >= 15 is 0 Å². The van der Waals surface area contributed by atoms with Crippen LogP contribution in [-0.2, 0) is 7.05 Å². The van der Waals surface area contributed by atoms with E-state index in [1.165, 1.54) is 0 Å². The first-order valence-corrected chi connectivity index (χ1v) is 7.72. The Balaban J connectivity index is 1.94. The van der Waals surface area contributed by atoms with Gasteiger partial charge in [0.1, 0.15) is 5.52 Å². The number of anilines is 1. The summed E-state index contributed by atoms with van der Waals surface area (Å²) in [5, 5.41) is 7.24. The fourth-order valence-corrected chi connectivity index (χ4v) is 3.12. The molecule has 3 aromatic rings. The molecule has 1 aliphatic heterocycles. The Hall–Kier alpha value is -1.92. The third-order valence-corrected chi connectivity index (χ3v) is 4.39. The van der Waals surface area contributed by atoms with E-state index in [0.29, 0.717) is 5.02 Å². The van der Waals surface area contributed by atoms with Gasteiger partial charge in [0.15, 0.2) is 11.5 Å². The quantitative estimate of drug-likeness (QED) is 0.686. The van der Waals surface area contributed by atoms with Gasteiger partial charge in [-0.2, -0.15) is 5.10 Å². The van der Waals surface area contributed by atoms with Crippen LogP contribution in [0.25, 0.3) is 21.9 Å². The molecule has 0 spiro atoms. The third kappa shape index (κ3) is 2.19. The van der Waals surface area contributed by atoms with Crippen LogP contribution in [0.1, 0.15) is 0 Å². The molecule has 7 heteroatoms. The maximum absolute atomic E-state index is 6.10. The van der Waals surface area contributed by atoms with E-state index in [0.717, 1.165) is 53.9 Å². The van der Waals surface area contributed by atoms with E-state index in [2.05, 4.69) is 26.9 Å². The summed E-state index contributed by atoms with van der Waals surface area (Å²) >= 11 is 6.10. The van der Waals surface area contributed by atoms with Crippen LogP contribution < -0.4 is 4.90 Å². The molecule has 0 bridgehead atoms. The smallest absolute Gasteiger partial charge is 0.162 e. The molecular weight excluding hydrogens is 300 g/mol. The SMILES string of the molecule is CN1CCN(c2nc3ncc(Cl)cc3c3cn(C)nc23)CC1. The Bertz CT molecular complexity index is 850. The molecule has 22 heavy (non-hydrogen) atoms. The summed E-state index contributed by atoms with van der Waals surface area (Å²) in [4.78, 5) is 13.8. The van der Waals surface area contributed by atoms with Crippen molar-refractivity contribution in [1.29, 1.82) is 0 Å². The summed E-state index contributed by atoms with van der Waals surface area (Å²) < 4.78 is 1.83. The van der Waals surface area contributed by atoms with Gasteiger partial charge in [0.25, 0.3) is 0 Å². The first kappa shape index (κ1) is 13.7. The lowest BCUT2D eigenvalue weighted by atomic mass is 10.2. The van der Waals surface area contributed by atoms with Crippen LogP contribution in [0.3, 0.4) is 0 Å². The number of fused-ring (bicyclic) bond motifs is 3. The molecule has 1 aliphatic rings. The molecule has 0 amide bonds. The molecule has 4 rings (SSSR count). The van der Waals surface area contributed by atoms with Gasteiger partial charge in [-0.15, -0.1) is 0 Å². The van der Waals surface area contributed by atoms with Gasteiger partial charge in [-0.1, -0.05) is 11.6 Å². The van der Waals surface area contributed by atoms with Crippen molar-refractivity contribution in [3.63, 3.8) is 0 Å². The van der Waals surface area contributed by atoms with Gasteiger partial charge in [0.2, 0.25) is 0 Å². The lowest BCUT2D eigenvalue weighted by molar-refractivity contribution is 0.312. The molecular formula is C15H17ClN6. The number of hydrogen-bond acceptors (Lipinski definition) is 5. The van der Waals surface area contributed by atoms with Crippen LogP contribution in [0, 0.1) is 0 Å². The molecule has 6 nitrogen and oxygen atoms in total. The molecule has 0 N–H and O–H groups in total. The highest BCUT2D eigenvalue weighted by Gasteiger charge is 2.21. The maximum atomic E-state index is 6.10. The van der Waals surface area contributed by atoms with Crippen LogP contribution in [0.2, 0.25) is 5.02 Å². The van der Waals surface area contributed by atoms with Gasteiger partial charge in [-0.05, 0) is 13.1 Å². The van der Waals surface area contributed by atoms with Crippen LogP contribution >= 0.6 is 11.6 Å². The minimum Gasteiger partial charge on any atom is -0.352 e. The van der Waals surface area contributed by atoms with Crippen molar-refractivity contribution in [1.82, 2.24) is 24.6 Å². The van der Waals surface area contributed by atoms with Crippen molar-refractivity contribution < 1.29 is 0 Å². The molecule has 0 atom stereocenters. The van der Waals surface area contributed by atoms with Crippen molar-refractivity contribution in [3.8, 4) is 0 Å². The zero-order valence-electron chi connectivity index (χ0n) is 12.6. The topological polar surface area (TPSA) is 50.1 Å². The Morgan fingerprint density at radius 1 is 1.09 bits per heavy atom. The maximum Gasteiger partial charge on any atom is 0.162 e. The van der Waals surface area contributed by atoms with E-state index < -0.39 is 0 Å². The van der Waals surface area contributed by atoms with Crippen molar-refractivity contribution in [3.05, 3.63) is 23.5 Å². The highest BCUT2D eigenvalue weighted by Crippen LogP contribution is 2.31. The first-order chi connectivity index (χ1) is 10.6. The summed E-state index contributed by atoms with van der Waals surface area (Å²) in [6.07, 6.45) is 3.66. The number of aromatic nitrogens is 4. The molecule has 0 aromatic carbocycles. The zero-order valence-corrected chi connectivity index (χ0v) is 13.4. The monoisotopic (exact) mass is 316 g/mol. The van der Waals surface area contributed by atoms with Gasteiger partial charge in [0.05, 0.1) is 5.02 Å². The second-order valence-corrected chi connectivity index (χ2v) is 6.25. The largest absolute Gasteiger partial charge is 0.352 e. The minimum atomic E-state index is 0.617. The number of pyridine rings is 2. The Morgan fingerprint density at radius 2 is 1.86 bits per heavy atom. The number of hydrogen-bond donors (Lipinski definition) is 0. The van der Waals surface area contributed by atoms with Crippen LogP contribution in [-0.4, -0.2) is 57.9 Å². The summed E-state index contributed by atoms with van der Waals surface area (Å²) in [7, 11) is 4.07. The van der Waals surface area contributed by atoms with Gasteiger partial charge < -0.3 is 9.80 Å². The van der Waals surface area contributed by atoms with Gasteiger partial charge in [0, 0.05) is 56.4 Å². The van der Waals surface area contributed by atoms with E-state index in [-0.39, 0.29) is 0 Å². The van der Waals surface area contributed by atoms with Crippen LogP contribution in [0.5, 0.6) is 0 Å². The molecule has 0 radical (unpaired) electrons. The minimum absolute atomic E-state index is 0.617. The molecule has 0 unspecified atom stereocenters. The number of piperazine rings is 1. The summed E-state index contributed by atoms with van der Waals surface area (Å²) in [5.41, 5.74) is 1.64. The van der Waals surface area contributed by atoms with Gasteiger partial charge >= 0.3 is 0 Å². The second-order valence-electron chi connectivity index (χ2n) is 5.82. The van der Waals surface area contributed by atoms with Crippen LogP contribution in [0.15, 0.2) is 18.5 Å². The number of halogens is 1. The molecule has 0 aliphatic carbocycles. The van der Waals surface area contributed by atoms with E-state index in [1.807, 2.05) is 24.0 Å². The lowest BCUT2D eigenvalue weighted by Gasteiger charge is -2.33. The fourth-order valence-electron chi connectivity index (χ4n) is 2.96. The number of aryl methyl sites for hydroxylation is 1. The van der Waals surface area contributed by atoms with Gasteiger partial charge in [-0.3, -0.25) is 4.68 Å². The molecule has 114 valence electrons. The fraction of sp³-hybridized carbons (Fsp3) is 0.400. The molecule has 0 saturated carbocycles. The molecule has 1 saturated heterocycles. The Kier molecular flexibility index (Phi) is 3.16. The number of rotatable bonds is 1. The second kappa shape index (κ2) is 5.07. The normalized spacial score (nSPS) is 16.8. The van der Waals surface area contributed by atoms with Crippen molar-refractivity contribution in [2.24, 2.45) is 7.05 Å². The van der Waals surface area contributed by atoms with Crippen molar-refractivity contribution in [2.45, 2.75) is 0 Å².